The first-order chi connectivity index (χ1) is 9.70. The highest BCUT2D eigenvalue weighted by molar-refractivity contribution is 5.34. The van der Waals surface area contributed by atoms with Crippen molar-refractivity contribution in [2.75, 3.05) is 6.61 Å². The van der Waals surface area contributed by atoms with Gasteiger partial charge in [-0.15, -0.1) is 0 Å². The number of rotatable bonds is 7. The molecule has 2 atom stereocenters. The molecular weight excluding hydrogens is 252 g/mol. The maximum Gasteiger partial charge on any atom is 0.138 e. The van der Waals surface area contributed by atoms with Crippen molar-refractivity contribution in [2.45, 2.75) is 38.8 Å². The Hall–Kier alpha value is -1.72. The molecule has 5 nitrogen and oxygen atoms in total. The Kier molecular flexibility index (Phi) is 5.26. The summed E-state index contributed by atoms with van der Waals surface area (Å²) in [5.74, 6) is 0. The number of hydrogen-bond donors (Lipinski definition) is 2. The van der Waals surface area contributed by atoms with Crippen LogP contribution in [0.25, 0.3) is 5.69 Å². The molecule has 0 fully saturated rings. The molecule has 0 saturated heterocycles. The van der Waals surface area contributed by atoms with Crippen LogP contribution in [-0.2, 0) is 0 Å². The topological polar surface area (TPSA) is 63.0 Å². The van der Waals surface area contributed by atoms with E-state index in [1.165, 1.54) is 11.9 Å². The first-order valence-electron chi connectivity index (χ1n) is 7.02. The predicted octanol–water partition coefficient (Wildman–Crippen LogP) is 2.08. The highest BCUT2D eigenvalue weighted by atomic mass is 16.2. The number of benzene rings is 1. The molecule has 0 radical (unpaired) electrons. The minimum absolute atomic E-state index is 0.257. The second-order valence-electron chi connectivity index (χ2n) is 5.09. The zero-order valence-electron chi connectivity index (χ0n) is 12.0. The minimum Gasteiger partial charge on any atom is -0.396 e. The molecule has 0 saturated carbocycles. The van der Waals surface area contributed by atoms with Crippen molar-refractivity contribution >= 4 is 0 Å². The van der Waals surface area contributed by atoms with Gasteiger partial charge in [-0.3, -0.25) is 0 Å². The fourth-order valence-corrected chi connectivity index (χ4v) is 2.26. The molecule has 20 heavy (non-hydrogen) atoms. The zero-order valence-corrected chi connectivity index (χ0v) is 12.0. The van der Waals surface area contributed by atoms with Crippen LogP contribution in [0.3, 0.4) is 0 Å². The standard InChI is InChI=1S/C15H22N4O/c1-12(4-3-9-20)18-13(2)14-5-7-15(8-6-14)19-11-16-10-17-19/h5-8,10-13,18,20H,3-4,9H2,1-2H3/t12-,13+/m0/s1. The third kappa shape index (κ3) is 3.88. The number of aromatic nitrogens is 3. The van der Waals surface area contributed by atoms with Gasteiger partial charge in [0.15, 0.2) is 0 Å². The lowest BCUT2D eigenvalue weighted by molar-refractivity contribution is 0.274. The number of nitrogens with zero attached hydrogens (tertiary/aromatic N) is 3. The zero-order chi connectivity index (χ0) is 14.4. The normalized spacial score (nSPS) is 14.2. The van der Waals surface area contributed by atoms with E-state index in [1.807, 2.05) is 12.1 Å². The first kappa shape index (κ1) is 14.7. The van der Waals surface area contributed by atoms with Crippen LogP contribution in [-0.4, -0.2) is 32.5 Å². The van der Waals surface area contributed by atoms with Crippen LogP contribution in [0, 0.1) is 0 Å². The van der Waals surface area contributed by atoms with Crippen molar-refractivity contribution < 1.29 is 5.11 Å². The van der Waals surface area contributed by atoms with E-state index in [-0.39, 0.29) is 12.6 Å². The molecule has 0 aliphatic carbocycles. The largest absolute Gasteiger partial charge is 0.396 e. The molecule has 108 valence electrons. The van der Waals surface area contributed by atoms with E-state index in [9.17, 15) is 0 Å². The van der Waals surface area contributed by atoms with E-state index in [0.717, 1.165) is 18.5 Å². The van der Waals surface area contributed by atoms with Crippen molar-refractivity contribution in [2.24, 2.45) is 0 Å². The average molecular weight is 274 g/mol. The van der Waals surface area contributed by atoms with Crippen LogP contribution in [0.5, 0.6) is 0 Å². The highest BCUT2D eigenvalue weighted by Gasteiger charge is 2.09. The van der Waals surface area contributed by atoms with Gasteiger partial charge in [0.05, 0.1) is 5.69 Å². The Morgan fingerprint density at radius 2 is 2.00 bits per heavy atom. The second-order valence-corrected chi connectivity index (χ2v) is 5.09. The number of nitrogens with one attached hydrogen (secondary N) is 1. The minimum atomic E-state index is 0.257. The Labute approximate surface area is 119 Å². The molecule has 0 unspecified atom stereocenters. The van der Waals surface area contributed by atoms with Crippen LogP contribution >= 0.6 is 0 Å². The quantitative estimate of drug-likeness (QED) is 0.811. The number of aliphatic hydroxyl groups excluding tert-OH is 1. The van der Waals surface area contributed by atoms with Gasteiger partial charge < -0.3 is 10.4 Å². The molecule has 5 heteroatoms. The third-order valence-corrected chi connectivity index (χ3v) is 3.41. The van der Waals surface area contributed by atoms with Crippen LogP contribution in [0.2, 0.25) is 0 Å². The molecule has 1 aromatic carbocycles. The smallest absolute Gasteiger partial charge is 0.138 e. The van der Waals surface area contributed by atoms with Crippen molar-refractivity contribution in [3.63, 3.8) is 0 Å². The Morgan fingerprint density at radius 1 is 1.25 bits per heavy atom. The Bertz CT molecular complexity index is 495. The molecule has 0 amide bonds. The maximum absolute atomic E-state index is 8.85. The molecule has 0 bridgehead atoms. The van der Waals surface area contributed by atoms with Gasteiger partial charge in [-0.1, -0.05) is 12.1 Å². The fourth-order valence-electron chi connectivity index (χ4n) is 2.26. The number of hydrogen-bond acceptors (Lipinski definition) is 4. The van der Waals surface area contributed by atoms with Crippen LogP contribution in [0.15, 0.2) is 36.9 Å². The summed E-state index contributed by atoms with van der Waals surface area (Å²) in [6.45, 7) is 4.56. The average Bonchev–Trinajstić information content (AvgIpc) is 2.99. The fraction of sp³-hybridized carbons (Fsp3) is 0.467. The van der Waals surface area contributed by atoms with Crippen molar-refractivity contribution in [1.82, 2.24) is 20.1 Å². The van der Waals surface area contributed by atoms with Crippen LogP contribution < -0.4 is 5.32 Å². The summed E-state index contributed by atoms with van der Waals surface area (Å²) in [6, 6.07) is 8.97. The lowest BCUT2D eigenvalue weighted by atomic mass is 10.1. The molecule has 0 aliphatic rings. The van der Waals surface area contributed by atoms with E-state index in [4.69, 9.17) is 5.11 Å². The second kappa shape index (κ2) is 7.17. The molecule has 2 rings (SSSR count). The van der Waals surface area contributed by atoms with Crippen LogP contribution in [0.1, 0.15) is 38.3 Å². The molecule has 2 N–H and O–H groups in total. The van der Waals surface area contributed by atoms with Gasteiger partial charge in [-0.25, -0.2) is 9.67 Å². The molecule has 0 spiro atoms. The van der Waals surface area contributed by atoms with Gasteiger partial charge in [-0.2, -0.15) is 5.10 Å². The van der Waals surface area contributed by atoms with E-state index < -0.39 is 0 Å². The molecule has 0 aliphatic heterocycles. The maximum atomic E-state index is 8.85. The molecular formula is C15H22N4O. The summed E-state index contributed by atoms with van der Waals surface area (Å²) < 4.78 is 1.74. The summed E-state index contributed by atoms with van der Waals surface area (Å²) in [7, 11) is 0. The summed E-state index contributed by atoms with van der Waals surface area (Å²) in [4.78, 5) is 3.94. The number of aliphatic hydroxyl groups is 1. The van der Waals surface area contributed by atoms with Gasteiger partial charge in [0, 0.05) is 18.7 Å². The summed E-state index contributed by atoms with van der Waals surface area (Å²) in [5, 5.41) is 16.5. The first-order valence-corrected chi connectivity index (χ1v) is 7.02. The molecule has 2 aromatic rings. The predicted molar refractivity (Wildman–Crippen MR) is 78.7 cm³/mol. The summed E-state index contributed by atoms with van der Waals surface area (Å²) in [6.07, 6.45) is 5.04. The monoisotopic (exact) mass is 274 g/mol. The summed E-state index contributed by atoms with van der Waals surface area (Å²) >= 11 is 0. The van der Waals surface area contributed by atoms with Gasteiger partial charge >= 0.3 is 0 Å². The van der Waals surface area contributed by atoms with E-state index >= 15 is 0 Å². The summed E-state index contributed by atoms with van der Waals surface area (Å²) in [5.41, 5.74) is 2.25. The van der Waals surface area contributed by atoms with Gasteiger partial charge in [0.25, 0.3) is 0 Å². The van der Waals surface area contributed by atoms with Crippen molar-refractivity contribution in [3.8, 4) is 5.69 Å². The van der Waals surface area contributed by atoms with E-state index in [2.05, 4.69) is 41.4 Å². The van der Waals surface area contributed by atoms with E-state index in [1.54, 1.807) is 11.0 Å². The van der Waals surface area contributed by atoms with Crippen molar-refractivity contribution in [3.05, 3.63) is 42.5 Å². The molecule has 1 heterocycles. The lowest BCUT2D eigenvalue weighted by Crippen LogP contribution is -2.29. The molecule has 1 aromatic heterocycles. The Balaban J connectivity index is 1.95. The SMILES string of the molecule is C[C@@H](CCCO)N[C@H](C)c1ccc(-n2cncn2)cc1. The lowest BCUT2D eigenvalue weighted by Gasteiger charge is -2.20. The van der Waals surface area contributed by atoms with Crippen molar-refractivity contribution in [1.29, 1.82) is 0 Å². The highest BCUT2D eigenvalue weighted by Crippen LogP contribution is 2.16. The van der Waals surface area contributed by atoms with Crippen LogP contribution in [0.4, 0.5) is 0 Å². The Morgan fingerprint density at radius 3 is 2.60 bits per heavy atom. The van der Waals surface area contributed by atoms with Gasteiger partial charge in [-0.05, 0) is 44.4 Å². The van der Waals surface area contributed by atoms with Gasteiger partial charge in [0.1, 0.15) is 12.7 Å². The van der Waals surface area contributed by atoms with Gasteiger partial charge in [0.2, 0.25) is 0 Å². The third-order valence-electron chi connectivity index (χ3n) is 3.41. The van der Waals surface area contributed by atoms with E-state index in [0.29, 0.717) is 6.04 Å².